The van der Waals surface area contributed by atoms with E-state index in [1.807, 2.05) is 87.1 Å². The van der Waals surface area contributed by atoms with Gasteiger partial charge >= 0.3 is 12.2 Å². The van der Waals surface area contributed by atoms with Crippen molar-refractivity contribution in [1.29, 1.82) is 0 Å². The van der Waals surface area contributed by atoms with Crippen molar-refractivity contribution in [3.05, 3.63) is 62.2 Å². The number of nitrogens with zero attached hydrogens (tertiary/aromatic N) is 5. The summed E-state index contributed by atoms with van der Waals surface area (Å²) in [5, 5.41) is 12.0. The van der Waals surface area contributed by atoms with Crippen molar-refractivity contribution in [2.24, 2.45) is 0 Å². The van der Waals surface area contributed by atoms with Crippen LogP contribution in [-0.4, -0.2) is 131 Å². The monoisotopic (exact) mass is 1020 g/mol. The predicted molar refractivity (Wildman–Crippen MR) is 278 cm³/mol. The molecule has 4 fully saturated rings. The Morgan fingerprint density at radius 3 is 1.61 bits per heavy atom. The molecule has 3 heterocycles. The molecule has 7 rings (SSSR count). The quantitative estimate of drug-likeness (QED) is 0.163. The molecule has 2 aromatic carbocycles. The summed E-state index contributed by atoms with van der Waals surface area (Å²) < 4.78 is 10.3. The number of fused-ring (bicyclic) bond motifs is 1. The second kappa shape index (κ2) is 21.8. The highest BCUT2D eigenvalue weighted by atomic mass is 32.2. The number of nitro benzene ring substituents is 1. The molecule has 71 heavy (non-hydrogen) atoms. The largest absolute Gasteiger partial charge is 0.444 e. The smallest absolute Gasteiger partial charge is 0.410 e. The number of carbonyl (C=O) groups is 6. The molecule has 17 heteroatoms. The number of hydrogen-bond donors (Lipinski definition) is 0. The van der Waals surface area contributed by atoms with Crippen LogP contribution in [-0.2, 0) is 25.5 Å². The summed E-state index contributed by atoms with van der Waals surface area (Å²) in [4.78, 5) is 98.4. The summed E-state index contributed by atoms with van der Waals surface area (Å²) in [6, 6.07) is 6.58. The molecule has 0 unspecified atom stereocenters. The van der Waals surface area contributed by atoms with Crippen LogP contribution in [0.3, 0.4) is 0 Å². The number of ether oxygens (including phenoxy) is 2. The van der Waals surface area contributed by atoms with Gasteiger partial charge in [-0.1, -0.05) is 0 Å². The van der Waals surface area contributed by atoms with Gasteiger partial charge in [-0.2, -0.15) is 0 Å². The first kappa shape index (κ1) is 55.7. The Bertz CT molecular complexity index is 2400. The minimum absolute atomic E-state index is 0.0132. The number of aryl methyl sites for hydroxylation is 2. The summed E-state index contributed by atoms with van der Waals surface area (Å²) >= 11 is 2.96. The summed E-state index contributed by atoms with van der Waals surface area (Å²) in [6.07, 6.45) is 8.18. The predicted octanol–water partition coefficient (Wildman–Crippen LogP) is 11.1. The lowest BCUT2D eigenvalue weighted by Gasteiger charge is -2.43. The lowest BCUT2D eigenvalue weighted by atomic mass is 9.78. The molecule has 15 nitrogen and oxygen atoms in total. The Hall–Kier alpha value is -4.64. The fraction of sp³-hybridized carbons (Fsp3) is 0.667. The maximum absolute atomic E-state index is 13.9. The van der Waals surface area contributed by atoms with Crippen molar-refractivity contribution in [3.63, 3.8) is 0 Å². The van der Waals surface area contributed by atoms with Gasteiger partial charge in [0.05, 0.1) is 31.4 Å². The third-order valence-electron chi connectivity index (χ3n) is 14.3. The zero-order valence-electron chi connectivity index (χ0n) is 44.4. The molecule has 5 aliphatic rings. The molecule has 4 amide bonds. The van der Waals surface area contributed by atoms with Gasteiger partial charge in [0.1, 0.15) is 17.0 Å². The van der Waals surface area contributed by atoms with Crippen LogP contribution in [0, 0.1) is 24.0 Å². The second-order valence-electron chi connectivity index (χ2n) is 22.8. The second-order valence-corrected chi connectivity index (χ2v) is 25.6. The molecule has 2 atom stereocenters. The van der Waals surface area contributed by atoms with Crippen LogP contribution in [0.25, 0.3) is 0 Å². The highest BCUT2D eigenvalue weighted by Gasteiger charge is 2.48. The fourth-order valence-corrected chi connectivity index (χ4v) is 13.4. The van der Waals surface area contributed by atoms with Gasteiger partial charge in [-0.15, -0.1) is 23.5 Å². The molecule has 2 aliphatic carbocycles. The minimum Gasteiger partial charge on any atom is -0.444 e. The van der Waals surface area contributed by atoms with Gasteiger partial charge in [-0.3, -0.25) is 29.3 Å². The van der Waals surface area contributed by atoms with Gasteiger partial charge in [0.15, 0.2) is 5.78 Å². The first-order valence-electron chi connectivity index (χ1n) is 25.5. The lowest BCUT2D eigenvalue weighted by Crippen LogP contribution is -2.54. The van der Waals surface area contributed by atoms with Crippen LogP contribution in [0.4, 0.5) is 15.3 Å². The van der Waals surface area contributed by atoms with Crippen molar-refractivity contribution in [2.45, 2.75) is 215 Å². The molecule has 0 N–H and O–H groups in total. The van der Waals surface area contributed by atoms with E-state index in [1.165, 1.54) is 24.8 Å². The Kier molecular flexibility index (Phi) is 17.1. The number of thioether (sulfide) groups is 2. The number of likely N-dealkylation sites (tertiary alicyclic amines) is 2. The molecule has 2 aromatic rings. The molecule has 0 radical (unpaired) electrons. The zero-order chi connectivity index (χ0) is 52.5. The molecule has 1 spiro atoms. The average molecular weight is 1020 g/mol. The van der Waals surface area contributed by atoms with Crippen molar-refractivity contribution >= 4 is 64.8 Å². The maximum atomic E-state index is 13.9. The molecular formula is C54H77N5O10S2. The first-order chi connectivity index (χ1) is 33.0. The normalized spacial score (nSPS) is 20.5. The van der Waals surface area contributed by atoms with E-state index in [0.717, 1.165) is 67.4 Å². The minimum atomic E-state index is -0.625. The van der Waals surface area contributed by atoms with Crippen molar-refractivity contribution < 1.29 is 43.2 Å². The summed E-state index contributed by atoms with van der Waals surface area (Å²) in [5.41, 5.74) is 2.16. The number of piperidine rings is 2. The summed E-state index contributed by atoms with van der Waals surface area (Å²) in [5.74, 6) is 0.00834. The number of rotatable bonds is 10. The van der Waals surface area contributed by atoms with Gasteiger partial charge in [0.25, 0.3) is 17.5 Å². The number of ketones is 2. The van der Waals surface area contributed by atoms with E-state index in [1.54, 1.807) is 39.5 Å². The van der Waals surface area contributed by atoms with Crippen LogP contribution in [0.2, 0.25) is 0 Å². The third-order valence-corrected chi connectivity index (χ3v) is 17.5. The van der Waals surface area contributed by atoms with Gasteiger partial charge in [0.2, 0.25) is 0 Å². The molecular weight excluding hydrogens is 943 g/mol. The Labute approximate surface area is 429 Å². The standard InChI is InChI=1S/C27H39N3O6S.C27H38N2O4S/c1-17(2)29(20-10-8-13-28(16-20)25(33)36-26(5,6)7)24(32)21-15-22(30(34)35)23(14-18(21)3)37-27(19(4)31)11-9-12-27;1-17(2)29(20-9-7-12-28(16-20)25(32)33-26(4,5)6)24(31)21-14-19-15-23(30)27(10-8-11-27)34-22(19)13-18(21)3/h14-15,17,20H,8-13,16H2,1-7H3;13-14,17,20H,7-12,15-16H2,1-6H3/t2*20-/m11/s1. The summed E-state index contributed by atoms with van der Waals surface area (Å²) in [6.45, 7) is 26.2. The van der Waals surface area contributed by atoms with E-state index < -0.39 is 27.0 Å². The Balaban J connectivity index is 0.000000233. The topological polar surface area (TPSA) is 177 Å². The van der Waals surface area contributed by atoms with Crippen molar-refractivity contribution in [2.75, 3.05) is 26.2 Å². The van der Waals surface area contributed by atoms with Crippen LogP contribution >= 0.6 is 23.5 Å². The van der Waals surface area contributed by atoms with Crippen LogP contribution in [0.1, 0.15) is 178 Å². The van der Waals surface area contributed by atoms with Crippen molar-refractivity contribution in [3.8, 4) is 0 Å². The third kappa shape index (κ3) is 12.8. The number of benzene rings is 2. The van der Waals surface area contributed by atoms with E-state index in [9.17, 15) is 38.9 Å². The SMILES string of the molecule is CC(=O)C1(Sc2cc(C)c(C(=O)N(C(C)C)[C@@H]3CCCN(C(=O)OC(C)(C)C)C3)cc2[N+](=O)[O-])CCC1.Cc1cc2c(cc1C(=O)N(C(C)C)[C@@H]1CCCN(C(=O)OC(C)(C)C)C1)CC(=O)C1(CCC1)S2. The first-order valence-corrected chi connectivity index (χ1v) is 27.1. The molecule has 0 bridgehead atoms. The molecule has 3 aliphatic heterocycles. The lowest BCUT2D eigenvalue weighted by molar-refractivity contribution is -0.387. The van der Waals surface area contributed by atoms with E-state index >= 15 is 0 Å². The van der Waals surface area contributed by atoms with Gasteiger partial charge in [0, 0.05) is 66.8 Å². The highest BCUT2D eigenvalue weighted by molar-refractivity contribution is 8.02. The maximum Gasteiger partial charge on any atom is 0.410 e. The van der Waals surface area contributed by atoms with Gasteiger partial charge in [-0.25, -0.2) is 9.59 Å². The van der Waals surface area contributed by atoms with E-state index in [4.69, 9.17) is 9.47 Å². The Morgan fingerprint density at radius 1 is 0.746 bits per heavy atom. The van der Waals surface area contributed by atoms with Gasteiger partial charge < -0.3 is 29.1 Å². The van der Waals surface area contributed by atoms with Crippen LogP contribution in [0.5, 0.6) is 0 Å². The fourth-order valence-electron chi connectivity index (χ4n) is 10.3. The van der Waals surface area contributed by atoms with Crippen LogP contribution in [0.15, 0.2) is 34.1 Å². The average Bonchev–Trinajstić information content (AvgIpc) is 3.23. The molecule has 2 saturated heterocycles. The number of carbonyl (C=O) groups excluding carboxylic acids is 6. The van der Waals surface area contributed by atoms with E-state index in [0.29, 0.717) is 67.2 Å². The van der Waals surface area contributed by atoms with Crippen molar-refractivity contribution in [1.82, 2.24) is 19.6 Å². The summed E-state index contributed by atoms with van der Waals surface area (Å²) in [7, 11) is 0. The van der Waals surface area contributed by atoms with Gasteiger partial charge in [-0.05, 0) is 189 Å². The number of amides is 4. The zero-order valence-corrected chi connectivity index (χ0v) is 46.0. The molecule has 390 valence electrons. The van der Waals surface area contributed by atoms with E-state index in [-0.39, 0.29) is 63.9 Å². The highest BCUT2D eigenvalue weighted by Crippen LogP contribution is 2.53. The molecule has 2 saturated carbocycles. The Morgan fingerprint density at radius 2 is 1.21 bits per heavy atom. The number of nitro groups is 1. The number of hydrogen-bond acceptors (Lipinski definition) is 12. The number of Topliss-reactive ketones (excluding diaryl/α,β-unsaturated/α-hetero) is 2. The van der Waals surface area contributed by atoms with E-state index in [2.05, 4.69) is 6.07 Å². The molecule has 0 aromatic heterocycles. The van der Waals surface area contributed by atoms with Crippen LogP contribution < -0.4 is 0 Å².